The van der Waals surface area contributed by atoms with E-state index in [1.54, 1.807) is 12.1 Å². The normalized spacial score (nSPS) is 9.40. The minimum absolute atomic E-state index is 0.0733. The van der Waals surface area contributed by atoms with Crippen molar-refractivity contribution in [1.29, 1.82) is 5.26 Å². The van der Waals surface area contributed by atoms with Gasteiger partial charge >= 0.3 is 5.97 Å². The molecule has 4 heteroatoms. The number of carbonyl (C=O) groups excluding carboxylic acids is 1. The van der Waals surface area contributed by atoms with Gasteiger partial charge in [0.05, 0.1) is 25.2 Å². The van der Waals surface area contributed by atoms with Gasteiger partial charge in [0.2, 0.25) is 0 Å². The molecule has 15 heavy (non-hydrogen) atoms. The quantitative estimate of drug-likeness (QED) is 0.579. The molecule has 0 aliphatic heterocycles. The molecule has 0 aliphatic carbocycles. The van der Waals surface area contributed by atoms with Crippen LogP contribution in [0.15, 0.2) is 12.1 Å². The third-order valence-electron chi connectivity index (χ3n) is 2.17. The molecular formula is C11H12N2O2. The first-order valence-corrected chi connectivity index (χ1v) is 4.44. The molecular weight excluding hydrogens is 192 g/mol. The number of aryl methyl sites for hydroxylation is 1. The molecule has 0 spiro atoms. The van der Waals surface area contributed by atoms with Gasteiger partial charge < -0.3 is 10.5 Å². The van der Waals surface area contributed by atoms with Crippen LogP contribution in [-0.4, -0.2) is 13.1 Å². The molecule has 1 aromatic carbocycles. The molecule has 1 rings (SSSR count). The Morgan fingerprint density at radius 1 is 1.60 bits per heavy atom. The van der Waals surface area contributed by atoms with Gasteiger partial charge in [0.15, 0.2) is 0 Å². The van der Waals surface area contributed by atoms with Crippen molar-refractivity contribution in [3.63, 3.8) is 0 Å². The zero-order chi connectivity index (χ0) is 11.4. The molecule has 2 N–H and O–H groups in total. The molecule has 0 saturated heterocycles. The van der Waals surface area contributed by atoms with E-state index in [-0.39, 0.29) is 12.4 Å². The largest absolute Gasteiger partial charge is 0.469 e. The van der Waals surface area contributed by atoms with Gasteiger partial charge in [-0.1, -0.05) is 0 Å². The molecule has 78 valence electrons. The summed E-state index contributed by atoms with van der Waals surface area (Å²) in [5.74, 6) is -0.380. The molecule has 0 saturated carbocycles. The van der Waals surface area contributed by atoms with Crippen LogP contribution in [0.5, 0.6) is 0 Å². The molecule has 0 fully saturated rings. The van der Waals surface area contributed by atoms with Gasteiger partial charge in [0.25, 0.3) is 0 Å². The molecule has 0 aliphatic rings. The number of hydrogen-bond acceptors (Lipinski definition) is 4. The average Bonchev–Trinajstić information content (AvgIpc) is 2.22. The minimum Gasteiger partial charge on any atom is -0.469 e. The Hall–Kier alpha value is -2.02. The number of anilines is 1. The van der Waals surface area contributed by atoms with E-state index in [4.69, 9.17) is 11.0 Å². The zero-order valence-corrected chi connectivity index (χ0v) is 8.70. The molecule has 0 bridgehead atoms. The SMILES string of the molecule is COC(=O)Cc1cc(N)c(C)cc1C#N. The number of carbonyl (C=O) groups is 1. The van der Waals surface area contributed by atoms with Crippen molar-refractivity contribution in [2.45, 2.75) is 13.3 Å². The number of esters is 1. The van der Waals surface area contributed by atoms with Crippen molar-refractivity contribution in [3.05, 3.63) is 28.8 Å². The summed E-state index contributed by atoms with van der Waals surface area (Å²) in [4.78, 5) is 11.1. The zero-order valence-electron chi connectivity index (χ0n) is 8.70. The van der Waals surface area contributed by atoms with Crippen LogP contribution in [-0.2, 0) is 16.0 Å². The van der Waals surface area contributed by atoms with Gasteiger partial charge in [-0.2, -0.15) is 5.26 Å². The lowest BCUT2D eigenvalue weighted by Crippen LogP contribution is -2.07. The highest BCUT2D eigenvalue weighted by molar-refractivity contribution is 5.74. The van der Waals surface area contributed by atoms with E-state index in [9.17, 15) is 4.79 Å². The summed E-state index contributed by atoms with van der Waals surface area (Å²) in [6.07, 6.45) is 0.0733. The number of nitriles is 1. The van der Waals surface area contributed by atoms with Crippen molar-refractivity contribution >= 4 is 11.7 Å². The predicted octanol–water partition coefficient (Wildman–Crippen LogP) is 1.16. The summed E-state index contributed by atoms with van der Waals surface area (Å²) in [6.45, 7) is 1.82. The highest BCUT2D eigenvalue weighted by atomic mass is 16.5. The average molecular weight is 204 g/mol. The Morgan fingerprint density at radius 2 is 2.27 bits per heavy atom. The summed E-state index contributed by atoms with van der Waals surface area (Å²) < 4.78 is 4.53. The topological polar surface area (TPSA) is 76.1 Å². The van der Waals surface area contributed by atoms with Crippen LogP contribution >= 0.6 is 0 Å². The second-order valence-corrected chi connectivity index (χ2v) is 3.23. The Kier molecular flexibility index (Phi) is 3.29. The lowest BCUT2D eigenvalue weighted by Gasteiger charge is -2.06. The Morgan fingerprint density at radius 3 is 2.80 bits per heavy atom. The summed E-state index contributed by atoms with van der Waals surface area (Å²) in [5.41, 5.74) is 8.18. The number of rotatable bonds is 2. The first kappa shape index (κ1) is 11.1. The third-order valence-corrected chi connectivity index (χ3v) is 2.17. The van der Waals surface area contributed by atoms with E-state index in [0.29, 0.717) is 16.8 Å². The maximum atomic E-state index is 11.1. The fraction of sp³-hybridized carbons (Fsp3) is 0.273. The molecule has 0 unspecified atom stereocenters. The Labute approximate surface area is 88.3 Å². The molecule has 0 aromatic heterocycles. The smallest absolute Gasteiger partial charge is 0.310 e. The highest BCUT2D eigenvalue weighted by Gasteiger charge is 2.10. The monoisotopic (exact) mass is 204 g/mol. The van der Waals surface area contributed by atoms with E-state index < -0.39 is 0 Å². The van der Waals surface area contributed by atoms with Gasteiger partial charge in [0, 0.05) is 5.69 Å². The van der Waals surface area contributed by atoms with Crippen LogP contribution in [0.25, 0.3) is 0 Å². The van der Waals surface area contributed by atoms with Crippen molar-refractivity contribution in [3.8, 4) is 6.07 Å². The minimum atomic E-state index is -0.380. The molecule has 1 aromatic rings. The molecule has 0 radical (unpaired) electrons. The van der Waals surface area contributed by atoms with Crippen LogP contribution < -0.4 is 5.73 Å². The van der Waals surface area contributed by atoms with Crippen molar-refractivity contribution in [1.82, 2.24) is 0 Å². The number of nitrogen functional groups attached to an aromatic ring is 1. The van der Waals surface area contributed by atoms with Crippen LogP contribution in [0.1, 0.15) is 16.7 Å². The second-order valence-electron chi connectivity index (χ2n) is 3.23. The van der Waals surface area contributed by atoms with Gasteiger partial charge in [-0.15, -0.1) is 0 Å². The van der Waals surface area contributed by atoms with Crippen molar-refractivity contribution < 1.29 is 9.53 Å². The summed E-state index contributed by atoms with van der Waals surface area (Å²) in [6, 6.07) is 5.35. The summed E-state index contributed by atoms with van der Waals surface area (Å²) in [5, 5.41) is 8.88. The van der Waals surface area contributed by atoms with Crippen molar-refractivity contribution in [2.75, 3.05) is 12.8 Å². The highest BCUT2D eigenvalue weighted by Crippen LogP contribution is 2.18. The van der Waals surface area contributed by atoms with Crippen LogP contribution in [0.3, 0.4) is 0 Å². The number of ether oxygens (including phenoxy) is 1. The van der Waals surface area contributed by atoms with E-state index >= 15 is 0 Å². The number of nitrogens with zero attached hydrogens (tertiary/aromatic N) is 1. The van der Waals surface area contributed by atoms with Gasteiger partial charge in [-0.25, -0.2) is 0 Å². The van der Waals surface area contributed by atoms with Gasteiger partial charge in [-0.05, 0) is 30.2 Å². The van der Waals surface area contributed by atoms with Crippen molar-refractivity contribution in [2.24, 2.45) is 0 Å². The van der Waals surface area contributed by atoms with E-state index in [1.165, 1.54) is 7.11 Å². The van der Waals surface area contributed by atoms with E-state index in [0.717, 1.165) is 5.56 Å². The number of nitrogens with two attached hydrogens (primary N) is 1. The number of hydrogen-bond donors (Lipinski definition) is 1. The molecule has 0 atom stereocenters. The Balaban J connectivity index is 3.12. The first-order chi connectivity index (χ1) is 7.08. The van der Waals surface area contributed by atoms with E-state index in [1.807, 2.05) is 13.0 Å². The standard InChI is InChI=1S/C11H12N2O2/c1-7-3-9(6-12)8(4-10(7)13)5-11(14)15-2/h3-4H,5,13H2,1-2H3. The van der Waals surface area contributed by atoms with Gasteiger partial charge in [-0.3, -0.25) is 4.79 Å². The summed E-state index contributed by atoms with van der Waals surface area (Å²) in [7, 11) is 1.31. The van der Waals surface area contributed by atoms with Crippen LogP contribution in [0.2, 0.25) is 0 Å². The predicted molar refractivity (Wildman–Crippen MR) is 56.0 cm³/mol. The van der Waals surface area contributed by atoms with Crippen LogP contribution in [0, 0.1) is 18.3 Å². The molecule has 0 amide bonds. The number of methoxy groups -OCH3 is 1. The molecule has 4 nitrogen and oxygen atoms in total. The lowest BCUT2D eigenvalue weighted by atomic mass is 10.0. The van der Waals surface area contributed by atoms with Crippen LogP contribution in [0.4, 0.5) is 5.69 Å². The maximum Gasteiger partial charge on any atom is 0.310 e. The maximum absolute atomic E-state index is 11.1. The fourth-order valence-electron chi connectivity index (χ4n) is 1.25. The molecule has 0 heterocycles. The van der Waals surface area contributed by atoms with E-state index in [2.05, 4.69) is 4.74 Å². The number of benzene rings is 1. The second kappa shape index (κ2) is 4.47. The van der Waals surface area contributed by atoms with Gasteiger partial charge in [0.1, 0.15) is 0 Å². The summed E-state index contributed by atoms with van der Waals surface area (Å²) >= 11 is 0. The Bertz CT molecular complexity index is 433. The lowest BCUT2D eigenvalue weighted by molar-refractivity contribution is -0.139. The third kappa shape index (κ3) is 2.47. The first-order valence-electron chi connectivity index (χ1n) is 4.44. The fourth-order valence-corrected chi connectivity index (χ4v) is 1.25.